The Balaban J connectivity index is 0.000000673. The van der Waals surface area contributed by atoms with Gasteiger partial charge in [-0.2, -0.15) is 13.2 Å². The van der Waals surface area contributed by atoms with E-state index in [4.69, 9.17) is 14.6 Å². The van der Waals surface area contributed by atoms with E-state index in [0.29, 0.717) is 13.1 Å². The van der Waals surface area contributed by atoms with E-state index in [2.05, 4.69) is 10.6 Å². The van der Waals surface area contributed by atoms with Gasteiger partial charge >= 0.3 is 24.1 Å². The van der Waals surface area contributed by atoms with Crippen LogP contribution in [0.25, 0.3) is 0 Å². The normalized spacial score (nSPS) is 24.0. The van der Waals surface area contributed by atoms with Crippen molar-refractivity contribution in [2.75, 3.05) is 26.7 Å². The number of halogens is 3. The van der Waals surface area contributed by atoms with Crippen molar-refractivity contribution in [3.63, 3.8) is 0 Å². The van der Waals surface area contributed by atoms with Gasteiger partial charge in [-0.1, -0.05) is 37.3 Å². The minimum atomic E-state index is -5.08. The smallest absolute Gasteiger partial charge is 0.475 e. The lowest BCUT2D eigenvalue weighted by atomic mass is 9.78. The molecule has 2 fully saturated rings. The number of urea groups is 1. The van der Waals surface area contributed by atoms with E-state index in [-0.39, 0.29) is 37.4 Å². The molecule has 2 aliphatic heterocycles. The third-order valence-corrected chi connectivity index (χ3v) is 6.80. The van der Waals surface area contributed by atoms with E-state index >= 15 is 0 Å². The quantitative estimate of drug-likeness (QED) is 0.323. The average Bonchev–Trinajstić information content (AvgIpc) is 3.36. The summed E-state index contributed by atoms with van der Waals surface area (Å²) in [4.78, 5) is 64.1. The summed E-state index contributed by atoms with van der Waals surface area (Å²) in [5.41, 5.74) is -0.487. The number of esters is 1. The van der Waals surface area contributed by atoms with Crippen LogP contribution in [-0.2, 0) is 30.5 Å². The fraction of sp³-hybridized carbons (Fsp3) is 0.560. The molecule has 0 bridgehead atoms. The molecule has 0 radical (unpaired) electrons. The standard InChI is InChI=1S/C23H32N4O5.C2HF3O2/c1-5-23(21(30)32-4)18-17(16(25-23)14-26(7-3)22(31)24-6-2)19(28)27(20(18)29)13-15-11-9-8-10-12-15;3-2(4,5)1(6)7/h8-12,16-18,25H,5-7,13-14H2,1-4H3,(H,24,31);(H,6,7)/t16-,17+,18-,23-;/m1./s1. The van der Waals surface area contributed by atoms with Crippen LogP contribution in [0.3, 0.4) is 0 Å². The van der Waals surface area contributed by atoms with Crippen molar-refractivity contribution < 1.29 is 47.0 Å². The van der Waals surface area contributed by atoms with E-state index in [1.54, 1.807) is 11.8 Å². The van der Waals surface area contributed by atoms with Crippen LogP contribution < -0.4 is 10.6 Å². The van der Waals surface area contributed by atoms with Gasteiger partial charge in [0.2, 0.25) is 11.8 Å². The molecule has 4 amide bonds. The van der Waals surface area contributed by atoms with Crippen molar-refractivity contribution in [1.29, 1.82) is 0 Å². The molecule has 1 aromatic rings. The maximum absolute atomic E-state index is 13.5. The number of fused-ring (bicyclic) bond motifs is 1. The van der Waals surface area contributed by atoms with Crippen molar-refractivity contribution in [3.8, 4) is 0 Å². The largest absolute Gasteiger partial charge is 0.490 e. The zero-order valence-electron chi connectivity index (χ0n) is 22.1. The molecule has 0 aliphatic carbocycles. The highest BCUT2D eigenvalue weighted by atomic mass is 19.4. The van der Waals surface area contributed by atoms with Crippen LogP contribution in [0.4, 0.5) is 18.0 Å². The second-order valence-corrected chi connectivity index (χ2v) is 9.00. The number of carbonyl (C=O) groups excluding carboxylic acids is 4. The molecule has 0 saturated carbocycles. The van der Waals surface area contributed by atoms with Gasteiger partial charge in [-0.3, -0.25) is 24.6 Å². The highest BCUT2D eigenvalue weighted by Gasteiger charge is 2.67. The maximum Gasteiger partial charge on any atom is 0.490 e. The minimum absolute atomic E-state index is 0.146. The summed E-state index contributed by atoms with van der Waals surface area (Å²) in [6.07, 6.45) is -4.80. The highest BCUT2D eigenvalue weighted by Crippen LogP contribution is 2.45. The lowest BCUT2D eigenvalue weighted by Gasteiger charge is -2.32. The molecule has 0 unspecified atom stereocenters. The van der Waals surface area contributed by atoms with Gasteiger partial charge < -0.3 is 20.1 Å². The number of ether oxygens (including phenoxy) is 1. The lowest BCUT2D eigenvalue weighted by molar-refractivity contribution is -0.192. The van der Waals surface area contributed by atoms with Crippen LogP contribution in [0.1, 0.15) is 32.8 Å². The van der Waals surface area contributed by atoms with Crippen LogP contribution in [-0.4, -0.2) is 89.2 Å². The number of carboxylic acid groups (broad SMARTS) is 1. The van der Waals surface area contributed by atoms with Gasteiger partial charge in [0.15, 0.2) is 0 Å². The number of likely N-dealkylation sites (N-methyl/N-ethyl adjacent to an activating group) is 1. The molecule has 3 N–H and O–H groups in total. The molecule has 39 heavy (non-hydrogen) atoms. The Morgan fingerprint density at radius 1 is 1.13 bits per heavy atom. The molecule has 216 valence electrons. The molecule has 2 heterocycles. The monoisotopic (exact) mass is 558 g/mol. The molecule has 2 saturated heterocycles. The Morgan fingerprint density at radius 2 is 1.72 bits per heavy atom. The Morgan fingerprint density at radius 3 is 2.18 bits per heavy atom. The number of aliphatic carboxylic acids is 1. The van der Waals surface area contributed by atoms with Crippen molar-refractivity contribution in [2.24, 2.45) is 11.8 Å². The van der Waals surface area contributed by atoms with Crippen LogP contribution >= 0.6 is 0 Å². The molecule has 11 nitrogen and oxygen atoms in total. The van der Waals surface area contributed by atoms with E-state index in [9.17, 15) is 32.3 Å². The van der Waals surface area contributed by atoms with E-state index in [1.165, 1.54) is 12.0 Å². The fourth-order valence-electron chi connectivity index (χ4n) is 4.96. The summed E-state index contributed by atoms with van der Waals surface area (Å²) in [7, 11) is 1.28. The number of alkyl halides is 3. The summed E-state index contributed by atoms with van der Waals surface area (Å²) in [5.74, 6) is -5.67. The Bertz CT molecular complexity index is 1070. The fourth-order valence-corrected chi connectivity index (χ4v) is 4.96. The van der Waals surface area contributed by atoms with Gasteiger partial charge in [0.25, 0.3) is 0 Å². The Labute approximate surface area is 223 Å². The second-order valence-electron chi connectivity index (χ2n) is 9.00. The number of likely N-dealkylation sites (tertiary alicyclic amines) is 1. The summed E-state index contributed by atoms with van der Waals surface area (Å²) < 4.78 is 36.8. The molecule has 0 spiro atoms. The Kier molecular flexibility index (Phi) is 10.4. The van der Waals surface area contributed by atoms with Crippen molar-refractivity contribution in [1.82, 2.24) is 20.4 Å². The molecule has 2 aliphatic rings. The maximum atomic E-state index is 13.5. The van der Waals surface area contributed by atoms with Gasteiger partial charge in [-0.15, -0.1) is 0 Å². The first kappa shape index (κ1) is 31.5. The second kappa shape index (κ2) is 12.9. The summed E-state index contributed by atoms with van der Waals surface area (Å²) >= 11 is 0. The molecule has 1 aromatic carbocycles. The van der Waals surface area contributed by atoms with Gasteiger partial charge in [0.05, 0.1) is 25.5 Å². The minimum Gasteiger partial charge on any atom is -0.475 e. The number of carboxylic acids is 1. The number of benzene rings is 1. The lowest BCUT2D eigenvalue weighted by Crippen LogP contribution is -2.58. The van der Waals surface area contributed by atoms with Crippen LogP contribution in [0.5, 0.6) is 0 Å². The average molecular weight is 559 g/mol. The number of amides is 4. The first-order valence-electron chi connectivity index (χ1n) is 12.4. The van der Waals surface area contributed by atoms with Crippen molar-refractivity contribution >= 4 is 29.8 Å². The Hall–Kier alpha value is -3.68. The van der Waals surface area contributed by atoms with E-state index in [0.717, 1.165) is 5.56 Å². The van der Waals surface area contributed by atoms with E-state index < -0.39 is 41.5 Å². The molecule has 0 aromatic heterocycles. The summed E-state index contributed by atoms with van der Waals surface area (Å²) in [6.45, 7) is 6.71. The number of nitrogens with zero attached hydrogens (tertiary/aromatic N) is 2. The van der Waals surface area contributed by atoms with Crippen molar-refractivity contribution in [3.05, 3.63) is 35.9 Å². The molecular formula is C25H33F3N4O7. The van der Waals surface area contributed by atoms with Gasteiger partial charge in [0.1, 0.15) is 5.54 Å². The number of imide groups is 1. The highest BCUT2D eigenvalue weighted by molar-refractivity contribution is 6.09. The molecular weight excluding hydrogens is 525 g/mol. The van der Waals surface area contributed by atoms with Crippen LogP contribution in [0.15, 0.2) is 30.3 Å². The molecule has 14 heteroatoms. The predicted octanol–water partition coefficient (Wildman–Crippen LogP) is 1.77. The molecule has 4 atom stereocenters. The number of rotatable bonds is 8. The number of nitrogens with one attached hydrogen (secondary N) is 2. The predicted molar refractivity (Wildman–Crippen MR) is 131 cm³/mol. The van der Waals surface area contributed by atoms with Crippen LogP contribution in [0, 0.1) is 11.8 Å². The first-order valence-corrected chi connectivity index (χ1v) is 12.4. The third-order valence-electron chi connectivity index (χ3n) is 6.80. The van der Waals surface area contributed by atoms with Gasteiger partial charge in [0, 0.05) is 25.7 Å². The summed E-state index contributed by atoms with van der Waals surface area (Å²) in [6, 6.07) is 8.46. The zero-order chi connectivity index (χ0) is 29.5. The topological polar surface area (TPSA) is 145 Å². The first-order chi connectivity index (χ1) is 18.3. The number of hydrogen-bond acceptors (Lipinski definition) is 7. The summed E-state index contributed by atoms with van der Waals surface area (Å²) in [5, 5.41) is 13.1. The molecule has 3 rings (SSSR count). The number of carbonyl (C=O) groups is 5. The third kappa shape index (κ3) is 6.67. The van der Waals surface area contributed by atoms with Crippen LogP contribution in [0.2, 0.25) is 0 Å². The zero-order valence-corrected chi connectivity index (χ0v) is 22.1. The van der Waals surface area contributed by atoms with E-state index in [1.807, 2.05) is 44.2 Å². The number of hydrogen-bond donors (Lipinski definition) is 3. The van der Waals surface area contributed by atoms with Gasteiger partial charge in [-0.25, -0.2) is 9.59 Å². The van der Waals surface area contributed by atoms with Gasteiger partial charge in [-0.05, 0) is 25.8 Å². The van der Waals surface area contributed by atoms with Crippen molar-refractivity contribution in [2.45, 2.75) is 51.5 Å². The number of methoxy groups -OCH3 is 1. The SMILES string of the molecule is CCNC(=O)N(CC)C[C@H]1N[C@@](CC)(C(=O)OC)[C@H]2C(=O)N(Cc3ccccc3)C(=O)[C@@H]12.O=C(O)C(F)(F)F.